The Morgan fingerprint density at radius 1 is 1.35 bits per heavy atom. The van der Waals surface area contributed by atoms with Gasteiger partial charge in [0.15, 0.2) is 0 Å². The van der Waals surface area contributed by atoms with Crippen LogP contribution in [0.25, 0.3) is 0 Å². The lowest BCUT2D eigenvalue weighted by molar-refractivity contribution is 0.0301. The first-order valence-electron chi connectivity index (χ1n) is 8.01. The number of nitrogens with two attached hydrogens (primary N) is 1. The molecule has 2 rings (SSSR count). The Balaban J connectivity index is 2.30. The summed E-state index contributed by atoms with van der Waals surface area (Å²) < 4.78 is 0. The largest absolute Gasteiger partial charge is 0.326 e. The quantitative estimate of drug-likeness (QED) is 0.901. The van der Waals surface area contributed by atoms with Crippen molar-refractivity contribution < 1.29 is 0 Å². The summed E-state index contributed by atoms with van der Waals surface area (Å²) in [6.45, 7) is 12.7. The fraction of sp³-hybridized carbons (Fsp3) is 0.765. The van der Waals surface area contributed by atoms with Crippen molar-refractivity contribution in [3.05, 3.63) is 21.9 Å². The number of nitrogens with zero attached hydrogens (tertiary/aromatic N) is 1. The highest BCUT2D eigenvalue weighted by atomic mass is 32.1. The van der Waals surface area contributed by atoms with Gasteiger partial charge in [-0.1, -0.05) is 20.8 Å². The summed E-state index contributed by atoms with van der Waals surface area (Å²) in [7, 11) is 0. The van der Waals surface area contributed by atoms with E-state index in [0.717, 1.165) is 18.3 Å². The zero-order chi connectivity index (χ0) is 14.9. The molecule has 3 heteroatoms. The minimum absolute atomic E-state index is 0.230. The molecule has 5 unspecified atom stereocenters. The van der Waals surface area contributed by atoms with E-state index in [2.05, 4.69) is 51.7 Å². The van der Waals surface area contributed by atoms with Gasteiger partial charge in [-0.2, -0.15) is 0 Å². The molecule has 2 N–H and O–H groups in total. The van der Waals surface area contributed by atoms with E-state index in [0.29, 0.717) is 12.1 Å². The number of rotatable bonds is 4. The molecule has 2 heterocycles. The van der Waals surface area contributed by atoms with Gasteiger partial charge in [-0.3, -0.25) is 4.90 Å². The first-order chi connectivity index (χ1) is 9.43. The molecule has 0 saturated carbocycles. The smallest absolute Gasteiger partial charge is 0.0595 e. The highest BCUT2D eigenvalue weighted by Gasteiger charge is 2.36. The highest BCUT2D eigenvalue weighted by molar-refractivity contribution is 7.12. The summed E-state index contributed by atoms with van der Waals surface area (Å²) in [5.74, 6) is 1.53. The van der Waals surface area contributed by atoms with E-state index in [1.54, 1.807) is 0 Å². The number of likely N-dealkylation sites (tertiary alicyclic amines) is 1. The minimum Gasteiger partial charge on any atom is -0.326 e. The van der Waals surface area contributed by atoms with Gasteiger partial charge < -0.3 is 5.73 Å². The Labute approximate surface area is 128 Å². The second kappa shape index (κ2) is 6.59. The molecule has 20 heavy (non-hydrogen) atoms. The van der Waals surface area contributed by atoms with Crippen LogP contribution in [-0.2, 0) is 0 Å². The average Bonchev–Trinajstić information content (AvgIpc) is 2.81. The van der Waals surface area contributed by atoms with Gasteiger partial charge in [0.25, 0.3) is 0 Å². The lowest BCUT2D eigenvalue weighted by Gasteiger charge is -2.46. The van der Waals surface area contributed by atoms with E-state index < -0.39 is 0 Å². The van der Waals surface area contributed by atoms with Crippen LogP contribution in [0.15, 0.2) is 12.1 Å². The Morgan fingerprint density at radius 3 is 2.60 bits per heavy atom. The van der Waals surface area contributed by atoms with Crippen molar-refractivity contribution in [3.63, 3.8) is 0 Å². The zero-order valence-corrected chi connectivity index (χ0v) is 14.4. The molecule has 0 radical (unpaired) electrons. The molecule has 0 bridgehead atoms. The van der Waals surface area contributed by atoms with Gasteiger partial charge in [-0.25, -0.2) is 0 Å². The Kier molecular flexibility index (Phi) is 5.27. The lowest BCUT2D eigenvalue weighted by Crippen LogP contribution is -2.51. The summed E-state index contributed by atoms with van der Waals surface area (Å²) in [4.78, 5) is 5.52. The molecular weight excluding hydrogens is 264 g/mol. The van der Waals surface area contributed by atoms with Crippen molar-refractivity contribution in [1.29, 1.82) is 0 Å². The van der Waals surface area contributed by atoms with Crippen LogP contribution in [0.2, 0.25) is 0 Å². The summed E-state index contributed by atoms with van der Waals surface area (Å²) in [5.41, 5.74) is 6.51. The SMILES string of the molecule is CCC(N)C(c1ccc(C)s1)N1CC(C)CC(C)C1C. The lowest BCUT2D eigenvalue weighted by atomic mass is 9.83. The molecule has 1 aliphatic heterocycles. The molecule has 0 spiro atoms. The molecule has 0 aromatic carbocycles. The van der Waals surface area contributed by atoms with Gasteiger partial charge in [0.05, 0.1) is 6.04 Å². The maximum absolute atomic E-state index is 6.51. The molecule has 114 valence electrons. The molecule has 1 aromatic rings. The molecule has 5 atom stereocenters. The molecule has 0 amide bonds. The summed E-state index contributed by atoms with van der Waals surface area (Å²) in [5, 5.41) is 0. The maximum atomic E-state index is 6.51. The monoisotopic (exact) mass is 294 g/mol. The highest BCUT2D eigenvalue weighted by Crippen LogP contribution is 2.38. The second-order valence-electron chi connectivity index (χ2n) is 6.72. The van der Waals surface area contributed by atoms with Crippen LogP contribution in [0.1, 0.15) is 56.3 Å². The van der Waals surface area contributed by atoms with Gasteiger partial charge >= 0.3 is 0 Å². The Morgan fingerprint density at radius 2 is 2.05 bits per heavy atom. The fourth-order valence-electron chi connectivity index (χ4n) is 3.58. The molecule has 2 nitrogen and oxygen atoms in total. The van der Waals surface area contributed by atoms with Crippen molar-refractivity contribution >= 4 is 11.3 Å². The van der Waals surface area contributed by atoms with Crippen molar-refractivity contribution in [2.45, 2.75) is 65.6 Å². The number of aryl methyl sites for hydroxylation is 1. The summed E-state index contributed by atoms with van der Waals surface area (Å²) in [6.07, 6.45) is 2.38. The molecule has 1 aliphatic rings. The molecule has 0 aliphatic carbocycles. The molecule has 1 fully saturated rings. The molecule has 1 aromatic heterocycles. The van der Waals surface area contributed by atoms with Crippen LogP contribution in [0, 0.1) is 18.8 Å². The summed E-state index contributed by atoms with van der Waals surface area (Å²) in [6, 6.07) is 5.76. The van der Waals surface area contributed by atoms with Gasteiger partial charge in [0.1, 0.15) is 0 Å². The van der Waals surface area contributed by atoms with Gasteiger partial charge in [0, 0.05) is 28.4 Å². The van der Waals surface area contributed by atoms with E-state index in [4.69, 9.17) is 5.73 Å². The normalized spacial score (nSPS) is 31.2. The number of hydrogen-bond acceptors (Lipinski definition) is 3. The van der Waals surface area contributed by atoms with Crippen LogP contribution in [0.5, 0.6) is 0 Å². The zero-order valence-electron chi connectivity index (χ0n) is 13.6. The van der Waals surface area contributed by atoms with Crippen LogP contribution in [-0.4, -0.2) is 23.5 Å². The van der Waals surface area contributed by atoms with E-state index in [-0.39, 0.29) is 6.04 Å². The first kappa shape index (κ1) is 16.0. The standard InChI is InChI=1S/C17H30N2S/c1-6-15(18)17(16-8-7-13(4)20-16)19-10-11(2)9-12(3)14(19)5/h7-8,11-12,14-15,17H,6,9-10,18H2,1-5H3. The van der Waals surface area contributed by atoms with E-state index in [9.17, 15) is 0 Å². The van der Waals surface area contributed by atoms with Crippen LogP contribution >= 0.6 is 11.3 Å². The van der Waals surface area contributed by atoms with Crippen molar-refractivity contribution in [2.24, 2.45) is 17.6 Å². The molecular formula is C17H30N2S. The number of thiophene rings is 1. The van der Waals surface area contributed by atoms with Crippen LogP contribution in [0.4, 0.5) is 0 Å². The Bertz CT molecular complexity index is 428. The van der Waals surface area contributed by atoms with Gasteiger partial charge in [-0.05, 0) is 50.7 Å². The van der Waals surface area contributed by atoms with Gasteiger partial charge in [0.2, 0.25) is 0 Å². The predicted molar refractivity (Wildman–Crippen MR) is 89.2 cm³/mol. The van der Waals surface area contributed by atoms with E-state index >= 15 is 0 Å². The van der Waals surface area contributed by atoms with E-state index in [1.165, 1.54) is 22.7 Å². The van der Waals surface area contributed by atoms with Crippen LogP contribution < -0.4 is 5.73 Å². The summed E-state index contributed by atoms with van der Waals surface area (Å²) >= 11 is 1.92. The van der Waals surface area contributed by atoms with Crippen molar-refractivity contribution in [3.8, 4) is 0 Å². The number of hydrogen-bond donors (Lipinski definition) is 1. The van der Waals surface area contributed by atoms with Crippen LogP contribution in [0.3, 0.4) is 0 Å². The maximum Gasteiger partial charge on any atom is 0.0595 e. The van der Waals surface area contributed by atoms with Crippen molar-refractivity contribution in [2.75, 3.05) is 6.54 Å². The van der Waals surface area contributed by atoms with Crippen molar-refractivity contribution in [1.82, 2.24) is 4.90 Å². The number of piperidine rings is 1. The Hall–Kier alpha value is -0.380. The average molecular weight is 295 g/mol. The molecule has 1 saturated heterocycles. The topological polar surface area (TPSA) is 29.3 Å². The van der Waals surface area contributed by atoms with Gasteiger partial charge in [-0.15, -0.1) is 11.3 Å². The first-order valence-corrected chi connectivity index (χ1v) is 8.83. The second-order valence-corrected chi connectivity index (χ2v) is 8.04. The fourth-order valence-corrected chi connectivity index (χ4v) is 4.66. The van der Waals surface area contributed by atoms with E-state index in [1.807, 2.05) is 11.3 Å². The third-order valence-corrected chi connectivity index (χ3v) is 6.00. The third kappa shape index (κ3) is 3.26. The third-order valence-electron chi connectivity index (χ3n) is 4.93. The predicted octanol–water partition coefficient (Wildman–Crippen LogP) is 4.20. The minimum atomic E-state index is 0.230.